The summed E-state index contributed by atoms with van der Waals surface area (Å²) < 4.78 is 0. The van der Waals surface area contributed by atoms with Crippen molar-refractivity contribution in [2.45, 2.75) is 34.6 Å². The Morgan fingerprint density at radius 3 is 1.87 bits per heavy atom. The van der Waals surface area contributed by atoms with Crippen LogP contribution in [0.4, 0.5) is 11.4 Å². The third-order valence-electron chi connectivity index (χ3n) is 5.95. The number of benzene rings is 3. The SMILES string of the molecule is Cc1ccc(NC2=C(c3ccc(C)c(C)c3)C(=O)N(c3ccc(C)c(C)c3)C2=O)cc1. The van der Waals surface area contributed by atoms with Gasteiger partial charge in [0, 0.05) is 5.69 Å². The summed E-state index contributed by atoms with van der Waals surface area (Å²) in [6, 6.07) is 19.3. The highest BCUT2D eigenvalue weighted by Crippen LogP contribution is 2.35. The average molecular weight is 411 g/mol. The molecule has 0 aliphatic carbocycles. The lowest BCUT2D eigenvalue weighted by molar-refractivity contribution is -0.120. The van der Waals surface area contributed by atoms with Crippen LogP contribution in [0, 0.1) is 34.6 Å². The van der Waals surface area contributed by atoms with Crippen LogP contribution in [0.5, 0.6) is 0 Å². The molecule has 0 radical (unpaired) electrons. The lowest BCUT2D eigenvalue weighted by Gasteiger charge is -2.17. The molecule has 156 valence electrons. The van der Waals surface area contributed by atoms with Gasteiger partial charge in [0.15, 0.2) is 0 Å². The molecule has 4 heteroatoms. The molecule has 1 aliphatic rings. The second-order valence-electron chi connectivity index (χ2n) is 8.25. The smallest absolute Gasteiger partial charge is 0.282 e. The molecule has 3 aromatic carbocycles. The van der Waals surface area contributed by atoms with E-state index in [9.17, 15) is 9.59 Å². The predicted molar refractivity (Wildman–Crippen MR) is 126 cm³/mol. The molecule has 1 N–H and O–H groups in total. The van der Waals surface area contributed by atoms with E-state index < -0.39 is 0 Å². The molecule has 0 fully saturated rings. The van der Waals surface area contributed by atoms with Crippen LogP contribution < -0.4 is 10.2 Å². The van der Waals surface area contributed by atoms with Gasteiger partial charge >= 0.3 is 0 Å². The maximum atomic E-state index is 13.6. The van der Waals surface area contributed by atoms with Gasteiger partial charge in [0.1, 0.15) is 5.70 Å². The minimum Gasteiger partial charge on any atom is -0.350 e. The highest BCUT2D eigenvalue weighted by Gasteiger charge is 2.40. The first-order valence-electron chi connectivity index (χ1n) is 10.4. The van der Waals surface area contributed by atoms with E-state index >= 15 is 0 Å². The number of amides is 2. The van der Waals surface area contributed by atoms with Crippen LogP contribution in [-0.4, -0.2) is 11.8 Å². The zero-order valence-electron chi connectivity index (χ0n) is 18.5. The lowest BCUT2D eigenvalue weighted by atomic mass is 9.99. The van der Waals surface area contributed by atoms with Gasteiger partial charge in [-0.05, 0) is 86.7 Å². The van der Waals surface area contributed by atoms with Crippen molar-refractivity contribution >= 4 is 28.8 Å². The van der Waals surface area contributed by atoms with Gasteiger partial charge in [-0.3, -0.25) is 9.59 Å². The van der Waals surface area contributed by atoms with Crippen molar-refractivity contribution in [2.24, 2.45) is 0 Å². The third-order valence-corrected chi connectivity index (χ3v) is 5.95. The van der Waals surface area contributed by atoms with Gasteiger partial charge < -0.3 is 5.32 Å². The fourth-order valence-corrected chi connectivity index (χ4v) is 3.69. The van der Waals surface area contributed by atoms with Crippen LogP contribution in [0.1, 0.15) is 33.4 Å². The molecule has 0 saturated carbocycles. The highest BCUT2D eigenvalue weighted by molar-refractivity contribution is 6.46. The van der Waals surface area contributed by atoms with Crippen LogP contribution in [-0.2, 0) is 9.59 Å². The summed E-state index contributed by atoms with van der Waals surface area (Å²) in [5.74, 6) is -0.659. The molecule has 0 atom stereocenters. The van der Waals surface area contributed by atoms with Gasteiger partial charge in [0.05, 0.1) is 11.3 Å². The number of nitrogens with zero attached hydrogens (tertiary/aromatic N) is 1. The number of nitrogens with one attached hydrogen (secondary N) is 1. The maximum absolute atomic E-state index is 13.6. The van der Waals surface area contributed by atoms with Crippen LogP contribution in [0.25, 0.3) is 5.57 Å². The van der Waals surface area contributed by atoms with Crippen LogP contribution in [0.15, 0.2) is 66.4 Å². The summed E-state index contributed by atoms with van der Waals surface area (Å²) in [4.78, 5) is 28.3. The monoisotopic (exact) mass is 410 g/mol. The Hall–Kier alpha value is -3.66. The van der Waals surface area contributed by atoms with Crippen molar-refractivity contribution in [3.05, 3.63) is 99.7 Å². The summed E-state index contributed by atoms with van der Waals surface area (Å²) >= 11 is 0. The Labute approximate surface area is 183 Å². The summed E-state index contributed by atoms with van der Waals surface area (Å²) in [5.41, 5.74) is 8.27. The zero-order chi connectivity index (χ0) is 22.3. The van der Waals surface area contributed by atoms with Gasteiger partial charge in [-0.25, -0.2) is 4.90 Å². The molecule has 3 aromatic rings. The average Bonchev–Trinajstić information content (AvgIpc) is 2.98. The number of rotatable bonds is 4. The maximum Gasteiger partial charge on any atom is 0.282 e. The molecule has 0 aromatic heterocycles. The third kappa shape index (κ3) is 3.77. The van der Waals surface area contributed by atoms with E-state index in [0.717, 1.165) is 39.1 Å². The highest BCUT2D eigenvalue weighted by atomic mass is 16.2. The summed E-state index contributed by atoms with van der Waals surface area (Å²) in [5, 5.41) is 3.22. The number of carbonyl (C=O) groups is 2. The van der Waals surface area contributed by atoms with Gasteiger partial charge in [-0.1, -0.05) is 42.0 Å². The summed E-state index contributed by atoms with van der Waals surface area (Å²) in [6.45, 7) is 10.0. The predicted octanol–water partition coefficient (Wildman–Crippen LogP) is 5.63. The Morgan fingerprint density at radius 1 is 0.645 bits per heavy atom. The number of hydrogen-bond donors (Lipinski definition) is 1. The summed E-state index contributed by atoms with van der Waals surface area (Å²) in [6.07, 6.45) is 0. The Kier molecular flexibility index (Phi) is 5.24. The van der Waals surface area contributed by atoms with Crippen molar-refractivity contribution in [3.8, 4) is 0 Å². The van der Waals surface area contributed by atoms with Crippen molar-refractivity contribution in [3.63, 3.8) is 0 Å². The lowest BCUT2D eigenvalue weighted by Crippen LogP contribution is -2.32. The Bertz CT molecular complexity index is 1240. The number of imide groups is 1. The molecule has 1 heterocycles. The topological polar surface area (TPSA) is 49.4 Å². The first-order valence-corrected chi connectivity index (χ1v) is 10.4. The number of carbonyl (C=O) groups excluding carboxylic acids is 2. The molecular weight excluding hydrogens is 384 g/mol. The molecular formula is C27H26N2O2. The molecule has 4 nitrogen and oxygen atoms in total. The van der Waals surface area contributed by atoms with Crippen LogP contribution in [0.2, 0.25) is 0 Å². The minimum atomic E-state index is -0.345. The fraction of sp³-hybridized carbons (Fsp3) is 0.185. The molecule has 0 unspecified atom stereocenters. The standard InChI is InChI=1S/C27H26N2O2/c1-16-6-11-22(12-7-16)28-25-24(21-10-8-17(2)19(4)14-21)26(30)29(27(25)31)23-13-9-18(3)20(5)15-23/h6-15,28H,1-5H3. The normalized spacial score (nSPS) is 13.9. The van der Waals surface area contributed by atoms with E-state index in [1.165, 1.54) is 4.90 Å². The largest absolute Gasteiger partial charge is 0.350 e. The molecule has 2 amide bonds. The molecule has 0 saturated heterocycles. The second kappa shape index (κ2) is 7.88. The van der Waals surface area contributed by atoms with E-state index in [4.69, 9.17) is 0 Å². The second-order valence-corrected chi connectivity index (χ2v) is 8.25. The molecule has 1 aliphatic heterocycles. The Balaban J connectivity index is 1.84. The van der Waals surface area contributed by atoms with Crippen molar-refractivity contribution < 1.29 is 9.59 Å². The van der Waals surface area contributed by atoms with Gasteiger partial charge in [0.25, 0.3) is 11.8 Å². The first kappa shape index (κ1) is 20.6. The van der Waals surface area contributed by atoms with E-state index in [-0.39, 0.29) is 11.8 Å². The van der Waals surface area contributed by atoms with Gasteiger partial charge in [0.2, 0.25) is 0 Å². The van der Waals surface area contributed by atoms with Crippen LogP contribution >= 0.6 is 0 Å². The minimum absolute atomic E-state index is 0.301. The number of anilines is 2. The van der Waals surface area contributed by atoms with E-state index in [1.807, 2.05) is 95.3 Å². The van der Waals surface area contributed by atoms with E-state index in [2.05, 4.69) is 5.32 Å². The molecule has 31 heavy (non-hydrogen) atoms. The number of hydrogen-bond acceptors (Lipinski definition) is 3. The molecule has 4 rings (SSSR count). The first-order chi connectivity index (χ1) is 14.8. The Morgan fingerprint density at radius 2 is 1.26 bits per heavy atom. The van der Waals surface area contributed by atoms with Gasteiger partial charge in [-0.15, -0.1) is 0 Å². The quantitative estimate of drug-likeness (QED) is 0.568. The molecule has 0 spiro atoms. The van der Waals surface area contributed by atoms with Crippen molar-refractivity contribution in [1.29, 1.82) is 0 Å². The molecule has 0 bridgehead atoms. The number of aryl methyl sites for hydroxylation is 5. The van der Waals surface area contributed by atoms with Crippen molar-refractivity contribution in [2.75, 3.05) is 10.2 Å². The zero-order valence-corrected chi connectivity index (χ0v) is 18.5. The van der Waals surface area contributed by atoms with E-state index in [1.54, 1.807) is 0 Å². The van der Waals surface area contributed by atoms with Gasteiger partial charge in [-0.2, -0.15) is 0 Å². The van der Waals surface area contributed by atoms with Crippen LogP contribution in [0.3, 0.4) is 0 Å². The fourth-order valence-electron chi connectivity index (χ4n) is 3.69. The summed E-state index contributed by atoms with van der Waals surface area (Å²) in [7, 11) is 0. The van der Waals surface area contributed by atoms with Crippen molar-refractivity contribution in [1.82, 2.24) is 0 Å². The van der Waals surface area contributed by atoms with E-state index in [0.29, 0.717) is 17.0 Å².